The maximum Gasteiger partial charge on any atom is 0.307 e. The number of aliphatic carboxylic acids is 2. The molecule has 1 fully saturated rings. The minimum Gasteiger partial charge on any atom is -0.481 e. The molecule has 7 heteroatoms. The molecule has 1 aliphatic rings. The zero-order valence-corrected chi connectivity index (χ0v) is 12.7. The third-order valence-electron chi connectivity index (χ3n) is 3.98. The van der Waals surface area contributed by atoms with Gasteiger partial charge in [-0.15, -0.1) is 0 Å². The predicted octanol–water partition coefficient (Wildman–Crippen LogP) is 0.992. The summed E-state index contributed by atoms with van der Waals surface area (Å²) in [4.78, 5) is 35.0. The van der Waals surface area contributed by atoms with Crippen LogP contribution in [0.1, 0.15) is 25.7 Å². The van der Waals surface area contributed by atoms with Crippen LogP contribution in [0.3, 0.4) is 0 Å². The molecule has 2 N–H and O–H groups in total. The smallest absolute Gasteiger partial charge is 0.307 e. The van der Waals surface area contributed by atoms with Crippen LogP contribution in [-0.2, 0) is 19.1 Å². The maximum atomic E-state index is 11.3. The zero-order valence-electron chi connectivity index (χ0n) is 12.7. The molecule has 7 nitrogen and oxygen atoms in total. The van der Waals surface area contributed by atoms with Gasteiger partial charge in [-0.3, -0.25) is 14.4 Å². The minimum atomic E-state index is -1.09. The van der Waals surface area contributed by atoms with Gasteiger partial charge < -0.3 is 19.8 Å². The average molecular weight is 313 g/mol. The van der Waals surface area contributed by atoms with Crippen LogP contribution in [0.5, 0.6) is 0 Å². The number of likely N-dealkylation sites (N-methyl/N-ethyl adjacent to an activating group) is 1. The molecular weight excluding hydrogens is 290 g/mol. The van der Waals surface area contributed by atoms with Crippen molar-refractivity contribution in [1.82, 2.24) is 4.90 Å². The minimum absolute atomic E-state index is 0.159. The summed E-state index contributed by atoms with van der Waals surface area (Å²) in [5.41, 5.74) is 0. The molecule has 0 aromatic heterocycles. The highest BCUT2D eigenvalue weighted by Gasteiger charge is 2.39. The third kappa shape index (κ3) is 5.14. The van der Waals surface area contributed by atoms with E-state index in [0.29, 0.717) is 32.4 Å². The van der Waals surface area contributed by atoms with Crippen LogP contribution in [0.25, 0.3) is 0 Å². The van der Waals surface area contributed by atoms with Gasteiger partial charge in [0.1, 0.15) is 0 Å². The van der Waals surface area contributed by atoms with Gasteiger partial charge in [-0.1, -0.05) is 6.58 Å². The van der Waals surface area contributed by atoms with Crippen LogP contribution >= 0.6 is 0 Å². The Kier molecular flexibility index (Phi) is 7.04. The van der Waals surface area contributed by atoms with E-state index in [-0.39, 0.29) is 18.4 Å². The molecule has 0 bridgehead atoms. The average Bonchev–Trinajstić information content (AvgIpc) is 2.49. The van der Waals surface area contributed by atoms with E-state index in [1.54, 1.807) is 7.05 Å². The topological polar surface area (TPSA) is 104 Å². The monoisotopic (exact) mass is 313 g/mol. The van der Waals surface area contributed by atoms with Crippen molar-refractivity contribution in [3.8, 4) is 0 Å². The molecule has 0 aromatic carbocycles. The summed E-state index contributed by atoms with van der Waals surface area (Å²) in [5.74, 6) is -4.05. The van der Waals surface area contributed by atoms with E-state index >= 15 is 0 Å². The zero-order chi connectivity index (χ0) is 16.7. The van der Waals surface area contributed by atoms with Crippen molar-refractivity contribution in [1.29, 1.82) is 0 Å². The van der Waals surface area contributed by atoms with E-state index in [1.165, 1.54) is 11.0 Å². The lowest BCUT2D eigenvalue weighted by molar-refractivity contribution is -0.158. The lowest BCUT2D eigenvalue weighted by atomic mass is 9.78. The number of amides is 1. The highest BCUT2D eigenvalue weighted by Crippen LogP contribution is 2.32. The molecular formula is C15H23NO6. The Morgan fingerprint density at radius 1 is 1.23 bits per heavy atom. The van der Waals surface area contributed by atoms with E-state index in [9.17, 15) is 14.4 Å². The van der Waals surface area contributed by atoms with E-state index in [4.69, 9.17) is 14.9 Å². The second-order valence-electron chi connectivity index (χ2n) is 5.51. The van der Waals surface area contributed by atoms with Crippen LogP contribution in [0.2, 0.25) is 0 Å². The summed E-state index contributed by atoms with van der Waals surface area (Å²) in [6.07, 6.45) is 2.71. The lowest BCUT2D eigenvalue weighted by Gasteiger charge is -2.31. The molecule has 3 atom stereocenters. The number of nitrogens with zero attached hydrogens (tertiary/aromatic N) is 1. The molecule has 0 aromatic rings. The van der Waals surface area contributed by atoms with Crippen LogP contribution < -0.4 is 0 Å². The van der Waals surface area contributed by atoms with Gasteiger partial charge in [0.15, 0.2) is 0 Å². The van der Waals surface area contributed by atoms with Crippen LogP contribution in [0, 0.1) is 11.8 Å². The first-order valence-corrected chi connectivity index (χ1v) is 7.31. The van der Waals surface area contributed by atoms with Crippen LogP contribution in [0.4, 0.5) is 0 Å². The predicted molar refractivity (Wildman–Crippen MR) is 78.3 cm³/mol. The number of carboxylic acid groups (broad SMARTS) is 2. The van der Waals surface area contributed by atoms with E-state index in [0.717, 1.165) is 0 Å². The molecule has 1 rings (SSSR count). The van der Waals surface area contributed by atoms with E-state index < -0.39 is 23.8 Å². The van der Waals surface area contributed by atoms with Gasteiger partial charge in [0.25, 0.3) is 0 Å². The van der Waals surface area contributed by atoms with Gasteiger partial charge in [-0.2, -0.15) is 0 Å². The molecule has 0 radical (unpaired) electrons. The highest BCUT2D eigenvalue weighted by atomic mass is 16.5. The largest absolute Gasteiger partial charge is 0.481 e. The van der Waals surface area contributed by atoms with Crippen molar-refractivity contribution in [2.24, 2.45) is 11.8 Å². The van der Waals surface area contributed by atoms with Crippen molar-refractivity contribution in [3.63, 3.8) is 0 Å². The lowest BCUT2D eigenvalue weighted by Crippen LogP contribution is -2.38. The van der Waals surface area contributed by atoms with Crippen molar-refractivity contribution >= 4 is 17.8 Å². The van der Waals surface area contributed by atoms with Crippen molar-refractivity contribution < 1.29 is 29.3 Å². The molecule has 22 heavy (non-hydrogen) atoms. The Hall–Kier alpha value is -1.89. The summed E-state index contributed by atoms with van der Waals surface area (Å²) >= 11 is 0. The number of carbonyl (C=O) groups excluding carboxylic acids is 1. The molecule has 0 heterocycles. The Morgan fingerprint density at radius 2 is 1.86 bits per heavy atom. The summed E-state index contributed by atoms with van der Waals surface area (Å²) in [7, 11) is 1.67. The fourth-order valence-electron chi connectivity index (χ4n) is 2.67. The van der Waals surface area contributed by atoms with Gasteiger partial charge in [0.05, 0.1) is 17.9 Å². The van der Waals surface area contributed by atoms with Crippen molar-refractivity contribution in [2.45, 2.75) is 31.8 Å². The molecule has 0 aliphatic heterocycles. The highest BCUT2D eigenvalue weighted by molar-refractivity contribution is 5.86. The Balaban J connectivity index is 2.36. The molecule has 0 saturated heterocycles. The fraction of sp³-hybridized carbons (Fsp3) is 0.667. The molecule has 3 unspecified atom stereocenters. The van der Waals surface area contributed by atoms with Gasteiger partial charge in [-0.25, -0.2) is 0 Å². The second kappa shape index (κ2) is 8.53. The standard InChI is InChI=1S/C15H23NO6/c1-3-13(17)16(2)7-4-8-22-10-5-6-11(14(18)19)12(9-10)15(20)21/h3,10-12H,1,4-9H2,2H3,(H,18,19)(H,20,21). The SMILES string of the molecule is C=CC(=O)N(C)CCCOC1CCC(C(=O)O)C(C(=O)O)C1. The molecule has 1 aliphatic carbocycles. The number of ether oxygens (including phenoxy) is 1. The molecule has 0 spiro atoms. The quantitative estimate of drug-likeness (QED) is 0.511. The number of carboxylic acids is 2. The summed E-state index contributed by atoms with van der Waals surface area (Å²) in [5, 5.41) is 18.2. The van der Waals surface area contributed by atoms with Gasteiger partial charge in [-0.05, 0) is 31.8 Å². The first kappa shape index (κ1) is 18.2. The van der Waals surface area contributed by atoms with Crippen LogP contribution in [0.15, 0.2) is 12.7 Å². The van der Waals surface area contributed by atoms with Gasteiger partial charge >= 0.3 is 11.9 Å². The normalized spacial score (nSPS) is 24.5. The first-order chi connectivity index (χ1) is 10.4. The summed E-state index contributed by atoms with van der Waals surface area (Å²) < 4.78 is 5.64. The Bertz CT molecular complexity index is 436. The summed E-state index contributed by atoms with van der Waals surface area (Å²) in [6.45, 7) is 4.34. The Labute approximate surface area is 129 Å². The molecule has 124 valence electrons. The third-order valence-corrected chi connectivity index (χ3v) is 3.98. The molecule has 1 amide bonds. The number of rotatable bonds is 8. The maximum absolute atomic E-state index is 11.3. The second-order valence-corrected chi connectivity index (χ2v) is 5.51. The van der Waals surface area contributed by atoms with Gasteiger partial charge in [0.2, 0.25) is 5.91 Å². The number of carbonyl (C=O) groups is 3. The van der Waals surface area contributed by atoms with E-state index in [1.807, 2.05) is 0 Å². The number of hydrogen-bond acceptors (Lipinski definition) is 4. The van der Waals surface area contributed by atoms with Gasteiger partial charge in [0, 0.05) is 20.2 Å². The molecule has 1 saturated carbocycles. The Morgan fingerprint density at radius 3 is 2.41 bits per heavy atom. The summed E-state index contributed by atoms with van der Waals surface area (Å²) in [6, 6.07) is 0. The van der Waals surface area contributed by atoms with Crippen LogP contribution in [-0.4, -0.2) is 59.3 Å². The first-order valence-electron chi connectivity index (χ1n) is 7.31. The number of hydrogen-bond donors (Lipinski definition) is 2. The van der Waals surface area contributed by atoms with Crippen molar-refractivity contribution in [3.05, 3.63) is 12.7 Å². The van der Waals surface area contributed by atoms with Crippen molar-refractivity contribution in [2.75, 3.05) is 20.2 Å². The fourth-order valence-corrected chi connectivity index (χ4v) is 2.67. The van der Waals surface area contributed by atoms with E-state index in [2.05, 4.69) is 6.58 Å².